The molecule has 0 radical (unpaired) electrons. The van der Waals surface area contributed by atoms with Crippen molar-refractivity contribution in [1.82, 2.24) is 9.80 Å². The first-order chi connectivity index (χ1) is 12.8. The second-order valence-electron chi connectivity index (χ2n) is 8.15. The molecule has 1 fully saturated rings. The number of piperidine rings is 1. The Balaban J connectivity index is 1.67. The largest absolute Gasteiger partial charge is 0.369 e. The number of hydrogen-bond acceptors (Lipinski definition) is 4. The van der Waals surface area contributed by atoms with Crippen molar-refractivity contribution < 1.29 is 9.59 Å². The highest BCUT2D eigenvalue weighted by Gasteiger charge is 2.43. The number of nitrogens with zero attached hydrogens (tertiary/aromatic N) is 3. The molecule has 2 heterocycles. The number of benzene rings is 1. The van der Waals surface area contributed by atoms with E-state index in [0.29, 0.717) is 19.4 Å². The van der Waals surface area contributed by atoms with E-state index in [1.165, 1.54) is 10.5 Å². The number of aliphatic imine (C=N–C) groups is 1. The van der Waals surface area contributed by atoms with Crippen molar-refractivity contribution in [3.8, 4) is 0 Å². The van der Waals surface area contributed by atoms with Gasteiger partial charge in [0.05, 0.1) is 12.0 Å². The lowest BCUT2D eigenvalue weighted by atomic mass is 9.77. The summed E-state index contributed by atoms with van der Waals surface area (Å²) in [5.41, 5.74) is 6.61. The average Bonchev–Trinajstić information content (AvgIpc) is 2.67. The fourth-order valence-electron chi connectivity index (χ4n) is 4.17. The number of carbonyl (C=O) groups excluding carboxylic acids is 2. The number of hydrogen-bond donors (Lipinski definition) is 1. The van der Waals surface area contributed by atoms with E-state index >= 15 is 0 Å². The molecule has 146 valence electrons. The Labute approximate surface area is 161 Å². The molecule has 3 rings (SSSR count). The van der Waals surface area contributed by atoms with Gasteiger partial charge in [0.15, 0.2) is 5.96 Å². The van der Waals surface area contributed by atoms with E-state index < -0.39 is 5.54 Å². The molecule has 0 aliphatic carbocycles. The van der Waals surface area contributed by atoms with Crippen molar-refractivity contribution in [2.75, 3.05) is 20.1 Å². The Kier molecular flexibility index (Phi) is 5.53. The average molecular weight is 370 g/mol. The monoisotopic (exact) mass is 370 g/mol. The van der Waals surface area contributed by atoms with E-state index in [0.717, 1.165) is 19.4 Å². The fraction of sp³-hybridized carbons (Fsp3) is 0.571. The molecule has 1 aromatic rings. The smallest absolute Gasteiger partial charge is 0.231 e. The summed E-state index contributed by atoms with van der Waals surface area (Å²) < 4.78 is 0. The highest BCUT2D eigenvalue weighted by molar-refractivity contribution is 5.98. The molecule has 27 heavy (non-hydrogen) atoms. The predicted molar refractivity (Wildman–Crippen MR) is 106 cm³/mol. The Morgan fingerprint density at radius 2 is 2.07 bits per heavy atom. The van der Waals surface area contributed by atoms with E-state index in [1.54, 1.807) is 7.05 Å². The molecule has 0 bridgehead atoms. The Bertz CT molecular complexity index is 733. The van der Waals surface area contributed by atoms with Gasteiger partial charge < -0.3 is 10.6 Å². The van der Waals surface area contributed by atoms with Crippen LogP contribution in [0.4, 0.5) is 0 Å². The van der Waals surface area contributed by atoms with Crippen molar-refractivity contribution in [1.29, 1.82) is 0 Å². The van der Waals surface area contributed by atoms with Gasteiger partial charge in [0.2, 0.25) is 11.8 Å². The van der Waals surface area contributed by atoms with Crippen LogP contribution in [0, 0.1) is 5.92 Å². The minimum Gasteiger partial charge on any atom is -0.369 e. The normalized spacial score (nSPS) is 27.3. The number of carbonyl (C=O) groups is 2. The highest BCUT2D eigenvalue weighted by Crippen LogP contribution is 2.36. The SMILES string of the molecule is C[C@@H](CC(=O)N1CCCC([C@]2(C)CC(=O)N(C)C(N)=N2)C1)c1ccccc1. The highest BCUT2D eigenvalue weighted by atomic mass is 16.2. The first-order valence-corrected chi connectivity index (χ1v) is 9.75. The topological polar surface area (TPSA) is 79.0 Å². The van der Waals surface area contributed by atoms with Crippen LogP contribution < -0.4 is 5.73 Å². The first kappa shape index (κ1) is 19.4. The zero-order chi connectivity index (χ0) is 19.6. The number of nitrogens with two attached hydrogens (primary N) is 1. The van der Waals surface area contributed by atoms with E-state index in [9.17, 15) is 9.59 Å². The van der Waals surface area contributed by atoms with E-state index in [2.05, 4.69) is 24.0 Å². The van der Waals surface area contributed by atoms with Crippen LogP contribution in [-0.4, -0.2) is 53.2 Å². The summed E-state index contributed by atoms with van der Waals surface area (Å²) in [5.74, 6) is 0.781. The molecular weight excluding hydrogens is 340 g/mol. The predicted octanol–water partition coefficient (Wildman–Crippen LogP) is 2.35. The van der Waals surface area contributed by atoms with Crippen LogP contribution in [0.2, 0.25) is 0 Å². The number of rotatable bonds is 4. The maximum atomic E-state index is 12.9. The summed E-state index contributed by atoms with van der Waals surface area (Å²) in [6.07, 6.45) is 2.74. The van der Waals surface area contributed by atoms with E-state index in [-0.39, 0.29) is 29.6 Å². The zero-order valence-electron chi connectivity index (χ0n) is 16.5. The molecule has 1 unspecified atom stereocenters. The van der Waals surface area contributed by atoms with Crippen LogP contribution in [0.1, 0.15) is 51.0 Å². The summed E-state index contributed by atoms with van der Waals surface area (Å²) >= 11 is 0. The van der Waals surface area contributed by atoms with Crippen molar-refractivity contribution in [3.63, 3.8) is 0 Å². The molecule has 2 N–H and O–H groups in total. The van der Waals surface area contributed by atoms with Crippen molar-refractivity contribution >= 4 is 17.8 Å². The third-order valence-corrected chi connectivity index (χ3v) is 6.10. The molecule has 0 spiro atoms. The Hall–Kier alpha value is -2.37. The van der Waals surface area contributed by atoms with Gasteiger partial charge in [-0.15, -0.1) is 0 Å². The van der Waals surface area contributed by atoms with Crippen LogP contribution in [-0.2, 0) is 9.59 Å². The summed E-state index contributed by atoms with van der Waals surface area (Å²) in [7, 11) is 1.66. The molecule has 1 saturated heterocycles. The second kappa shape index (κ2) is 7.71. The van der Waals surface area contributed by atoms with Crippen molar-refractivity contribution in [3.05, 3.63) is 35.9 Å². The second-order valence-corrected chi connectivity index (χ2v) is 8.15. The van der Waals surface area contributed by atoms with Gasteiger partial charge in [0.1, 0.15) is 0 Å². The molecule has 6 heteroatoms. The number of amides is 2. The molecule has 2 aliphatic rings. The van der Waals surface area contributed by atoms with Crippen LogP contribution >= 0.6 is 0 Å². The van der Waals surface area contributed by atoms with Gasteiger partial charge in [-0.2, -0.15) is 0 Å². The summed E-state index contributed by atoms with van der Waals surface area (Å²) in [5, 5.41) is 0. The fourth-order valence-corrected chi connectivity index (χ4v) is 4.17. The summed E-state index contributed by atoms with van der Waals surface area (Å²) in [6.45, 7) is 5.51. The minimum absolute atomic E-state index is 0.00819. The lowest BCUT2D eigenvalue weighted by molar-refractivity contribution is -0.134. The molecule has 3 atom stereocenters. The zero-order valence-corrected chi connectivity index (χ0v) is 16.5. The quantitative estimate of drug-likeness (QED) is 0.884. The third kappa shape index (κ3) is 4.15. The molecule has 6 nitrogen and oxygen atoms in total. The molecule has 0 aromatic heterocycles. The third-order valence-electron chi connectivity index (χ3n) is 6.10. The molecule has 1 aromatic carbocycles. The summed E-state index contributed by atoms with van der Waals surface area (Å²) in [6, 6.07) is 10.1. The Morgan fingerprint density at radius 3 is 2.74 bits per heavy atom. The van der Waals surface area contributed by atoms with Crippen LogP contribution in [0.15, 0.2) is 35.3 Å². The lowest BCUT2D eigenvalue weighted by Crippen LogP contribution is -2.54. The van der Waals surface area contributed by atoms with Gasteiger partial charge in [0.25, 0.3) is 0 Å². The number of guanidine groups is 1. The molecule has 0 saturated carbocycles. The van der Waals surface area contributed by atoms with E-state index in [1.807, 2.05) is 30.0 Å². The molecule has 2 aliphatic heterocycles. The maximum absolute atomic E-state index is 12.9. The van der Waals surface area contributed by atoms with Crippen molar-refractivity contribution in [2.24, 2.45) is 16.6 Å². The van der Waals surface area contributed by atoms with Gasteiger partial charge >= 0.3 is 0 Å². The Morgan fingerprint density at radius 1 is 1.37 bits per heavy atom. The van der Waals surface area contributed by atoms with Crippen molar-refractivity contribution in [2.45, 2.75) is 51.0 Å². The number of likely N-dealkylation sites (tertiary alicyclic amines) is 1. The van der Waals surface area contributed by atoms with Gasteiger partial charge in [0, 0.05) is 32.5 Å². The van der Waals surface area contributed by atoms with Crippen LogP contribution in [0.25, 0.3) is 0 Å². The van der Waals surface area contributed by atoms with Gasteiger partial charge in [-0.05, 0) is 31.2 Å². The van der Waals surface area contributed by atoms with E-state index in [4.69, 9.17) is 5.73 Å². The summed E-state index contributed by atoms with van der Waals surface area (Å²) in [4.78, 5) is 33.1. The molecular formula is C21H30N4O2. The minimum atomic E-state index is -0.530. The van der Waals surface area contributed by atoms with Gasteiger partial charge in [-0.25, -0.2) is 4.99 Å². The van der Waals surface area contributed by atoms with Crippen LogP contribution in [0.3, 0.4) is 0 Å². The maximum Gasteiger partial charge on any atom is 0.231 e. The standard InChI is InChI=1S/C21H30N4O2/c1-15(16-8-5-4-6-9-16)12-18(26)25-11-7-10-17(14-25)21(2)13-19(27)24(3)20(22)23-21/h4-6,8-9,15,17H,7,10-14H2,1-3H3,(H2,22,23)/t15-,17?,21-/m0/s1. The van der Waals surface area contributed by atoms with Crippen LogP contribution in [0.5, 0.6) is 0 Å². The van der Waals surface area contributed by atoms with Gasteiger partial charge in [-0.1, -0.05) is 37.3 Å². The molecule has 2 amide bonds. The lowest BCUT2D eigenvalue weighted by Gasteiger charge is -2.43. The first-order valence-electron chi connectivity index (χ1n) is 9.75. The van der Waals surface area contributed by atoms with Gasteiger partial charge in [-0.3, -0.25) is 14.5 Å².